The predicted molar refractivity (Wildman–Crippen MR) is 62.6 cm³/mol. The maximum absolute atomic E-state index is 3.46. The van der Waals surface area contributed by atoms with E-state index in [1.54, 1.807) is 0 Å². The molecule has 1 aliphatic heterocycles. The largest absolute Gasteiger partial charge is 0.316 e. The Morgan fingerprint density at radius 3 is 2.57 bits per heavy atom. The lowest BCUT2D eigenvalue weighted by Gasteiger charge is -2.45. The van der Waals surface area contributed by atoms with E-state index in [9.17, 15) is 0 Å². The van der Waals surface area contributed by atoms with Crippen molar-refractivity contribution in [3.8, 4) is 0 Å². The Kier molecular flexibility index (Phi) is 3.96. The fourth-order valence-corrected chi connectivity index (χ4v) is 2.27. The topological polar surface area (TPSA) is 15.3 Å². The van der Waals surface area contributed by atoms with Crippen molar-refractivity contribution in [3.63, 3.8) is 0 Å². The van der Waals surface area contributed by atoms with Crippen molar-refractivity contribution in [2.45, 2.75) is 52.1 Å². The highest BCUT2D eigenvalue weighted by Crippen LogP contribution is 2.25. The summed E-state index contributed by atoms with van der Waals surface area (Å²) in [5.74, 6) is 0.777. The van der Waals surface area contributed by atoms with Crippen molar-refractivity contribution < 1.29 is 0 Å². The molecule has 1 saturated heterocycles. The molecule has 0 spiro atoms. The van der Waals surface area contributed by atoms with Crippen molar-refractivity contribution in [2.24, 2.45) is 5.92 Å². The molecule has 1 rings (SSSR count). The third kappa shape index (κ3) is 2.48. The van der Waals surface area contributed by atoms with Crippen LogP contribution in [0.15, 0.2) is 0 Å². The van der Waals surface area contributed by atoms with Gasteiger partial charge in [0.15, 0.2) is 0 Å². The van der Waals surface area contributed by atoms with Gasteiger partial charge in [0.25, 0.3) is 0 Å². The second-order valence-corrected chi connectivity index (χ2v) is 5.31. The van der Waals surface area contributed by atoms with Crippen LogP contribution in [-0.4, -0.2) is 36.6 Å². The van der Waals surface area contributed by atoms with Crippen molar-refractivity contribution in [1.29, 1.82) is 0 Å². The van der Waals surface area contributed by atoms with Crippen LogP contribution < -0.4 is 5.32 Å². The first-order valence-electron chi connectivity index (χ1n) is 5.92. The molecule has 1 fully saturated rings. The van der Waals surface area contributed by atoms with E-state index in [2.05, 4.69) is 45.0 Å². The summed E-state index contributed by atoms with van der Waals surface area (Å²) in [6.07, 6.45) is 2.52. The van der Waals surface area contributed by atoms with Crippen LogP contribution in [0.5, 0.6) is 0 Å². The first-order valence-corrected chi connectivity index (χ1v) is 5.92. The molecule has 0 aromatic rings. The van der Waals surface area contributed by atoms with Gasteiger partial charge in [-0.3, -0.25) is 4.90 Å². The fraction of sp³-hybridized carbons (Fsp3) is 1.00. The molecule has 1 N–H and O–H groups in total. The SMILES string of the molecule is CCC(C)(C)N(C)C1CCNCC1C. The molecule has 0 radical (unpaired) electrons. The van der Waals surface area contributed by atoms with Gasteiger partial charge in [0.1, 0.15) is 0 Å². The van der Waals surface area contributed by atoms with Gasteiger partial charge < -0.3 is 5.32 Å². The van der Waals surface area contributed by atoms with Crippen LogP contribution in [0.1, 0.15) is 40.5 Å². The van der Waals surface area contributed by atoms with E-state index in [1.807, 2.05) is 0 Å². The standard InChI is InChI=1S/C12H26N2/c1-6-12(3,4)14(5)11-7-8-13-9-10(11)2/h10-11,13H,6-9H2,1-5H3. The molecule has 84 valence electrons. The summed E-state index contributed by atoms with van der Waals surface area (Å²) in [5.41, 5.74) is 0.344. The molecule has 0 aliphatic carbocycles. The van der Waals surface area contributed by atoms with Crippen molar-refractivity contribution >= 4 is 0 Å². The molecular formula is C12H26N2. The van der Waals surface area contributed by atoms with E-state index in [-0.39, 0.29) is 0 Å². The maximum Gasteiger partial charge on any atom is 0.0150 e. The highest BCUT2D eigenvalue weighted by molar-refractivity contribution is 4.88. The molecule has 2 nitrogen and oxygen atoms in total. The van der Waals surface area contributed by atoms with E-state index >= 15 is 0 Å². The molecule has 1 aliphatic rings. The van der Waals surface area contributed by atoms with Crippen molar-refractivity contribution in [3.05, 3.63) is 0 Å². The molecule has 0 aromatic heterocycles. The van der Waals surface area contributed by atoms with Gasteiger partial charge in [-0.05, 0) is 52.7 Å². The molecule has 1 heterocycles. The summed E-state index contributed by atoms with van der Waals surface area (Å²) in [6.45, 7) is 11.7. The van der Waals surface area contributed by atoms with Gasteiger partial charge in [-0.2, -0.15) is 0 Å². The van der Waals surface area contributed by atoms with E-state index < -0.39 is 0 Å². The second kappa shape index (κ2) is 4.63. The molecule has 2 heteroatoms. The molecule has 0 bridgehead atoms. The molecule has 2 unspecified atom stereocenters. The van der Waals surface area contributed by atoms with Gasteiger partial charge >= 0.3 is 0 Å². The third-order valence-corrected chi connectivity index (χ3v) is 4.06. The Hall–Kier alpha value is -0.0800. The van der Waals surface area contributed by atoms with Crippen LogP contribution in [0.4, 0.5) is 0 Å². The molecule has 0 aromatic carbocycles. The summed E-state index contributed by atoms with van der Waals surface area (Å²) in [5, 5.41) is 3.46. The molecular weight excluding hydrogens is 172 g/mol. The average molecular weight is 198 g/mol. The lowest BCUT2D eigenvalue weighted by Crippen LogP contribution is -2.54. The monoisotopic (exact) mass is 198 g/mol. The Morgan fingerprint density at radius 1 is 1.43 bits per heavy atom. The summed E-state index contributed by atoms with van der Waals surface area (Å²) in [7, 11) is 2.29. The van der Waals surface area contributed by atoms with Crippen LogP contribution in [0.2, 0.25) is 0 Å². The number of nitrogens with one attached hydrogen (secondary N) is 1. The summed E-state index contributed by atoms with van der Waals surface area (Å²) in [4.78, 5) is 2.58. The minimum Gasteiger partial charge on any atom is -0.316 e. The molecule has 2 atom stereocenters. The van der Waals surface area contributed by atoms with Crippen LogP contribution >= 0.6 is 0 Å². The summed E-state index contributed by atoms with van der Waals surface area (Å²) >= 11 is 0. The van der Waals surface area contributed by atoms with E-state index in [0.29, 0.717) is 5.54 Å². The summed E-state index contributed by atoms with van der Waals surface area (Å²) < 4.78 is 0. The number of hydrogen-bond donors (Lipinski definition) is 1. The minimum atomic E-state index is 0.344. The van der Waals surface area contributed by atoms with E-state index in [4.69, 9.17) is 0 Å². The van der Waals surface area contributed by atoms with Crippen molar-refractivity contribution in [1.82, 2.24) is 10.2 Å². The lowest BCUT2D eigenvalue weighted by molar-refractivity contribution is 0.0513. The Bertz CT molecular complexity index is 177. The van der Waals surface area contributed by atoms with Gasteiger partial charge in [0, 0.05) is 11.6 Å². The minimum absolute atomic E-state index is 0.344. The van der Waals surface area contributed by atoms with Gasteiger partial charge in [-0.15, -0.1) is 0 Å². The smallest absolute Gasteiger partial charge is 0.0150 e. The average Bonchev–Trinajstić information content (AvgIpc) is 2.17. The number of hydrogen-bond acceptors (Lipinski definition) is 2. The highest BCUT2D eigenvalue weighted by atomic mass is 15.2. The number of piperidine rings is 1. The predicted octanol–water partition coefficient (Wildman–Crippen LogP) is 2.10. The van der Waals surface area contributed by atoms with E-state index in [1.165, 1.54) is 25.9 Å². The van der Waals surface area contributed by atoms with Gasteiger partial charge in [0.2, 0.25) is 0 Å². The first-order chi connectivity index (χ1) is 6.49. The zero-order chi connectivity index (χ0) is 10.8. The lowest BCUT2D eigenvalue weighted by atomic mass is 9.89. The zero-order valence-electron chi connectivity index (χ0n) is 10.4. The normalized spacial score (nSPS) is 29.6. The van der Waals surface area contributed by atoms with Gasteiger partial charge in [-0.1, -0.05) is 13.8 Å². The molecule has 14 heavy (non-hydrogen) atoms. The van der Waals surface area contributed by atoms with Gasteiger partial charge in [0.05, 0.1) is 0 Å². The van der Waals surface area contributed by atoms with Gasteiger partial charge in [-0.25, -0.2) is 0 Å². The van der Waals surface area contributed by atoms with E-state index in [0.717, 1.165) is 12.0 Å². The Balaban J connectivity index is 2.62. The molecule has 0 saturated carbocycles. The van der Waals surface area contributed by atoms with Crippen LogP contribution in [0.25, 0.3) is 0 Å². The first kappa shape index (κ1) is 12.0. The van der Waals surface area contributed by atoms with Crippen LogP contribution in [0, 0.1) is 5.92 Å². The van der Waals surface area contributed by atoms with Crippen LogP contribution in [-0.2, 0) is 0 Å². The molecule has 0 amide bonds. The Labute approximate surface area is 89.1 Å². The Morgan fingerprint density at radius 2 is 2.07 bits per heavy atom. The maximum atomic E-state index is 3.46. The van der Waals surface area contributed by atoms with Crippen LogP contribution in [0.3, 0.4) is 0 Å². The summed E-state index contributed by atoms with van der Waals surface area (Å²) in [6, 6.07) is 0.756. The second-order valence-electron chi connectivity index (χ2n) is 5.31. The highest BCUT2D eigenvalue weighted by Gasteiger charge is 2.32. The third-order valence-electron chi connectivity index (χ3n) is 4.06. The quantitative estimate of drug-likeness (QED) is 0.747. The zero-order valence-corrected chi connectivity index (χ0v) is 10.4. The fourth-order valence-electron chi connectivity index (χ4n) is 2.27. The number of nitrogens with zero attached hydrogens (tertiary/aromatic N) is 1. The number of rotatable bonds is 3. The van der Waals surface area contributed by atoms with Crippen molar-refractivity contribution in [2.75, 3.05) is 20.1 Å².